The number of halogens is 3. The second kappa shape index (κ2) is 12.6. The summed E-state index contributed by atoms with van der Waals surface area (Å²) >= 11 is 0. The van der Waals surface area contributed by atoms with Crippen molar-refractivity contribution in [1.29, 1.82) is 5.41 Å². The normalized spacial score (nSPS) is 21.4. The van der Waals surface area contributed by atoms with Gasteiger partial charge in [0.2, 0.25) is 0 Å². The first kappa shape index (κ1) is 32.7. The van der Waals surface area contributed by atoms with Crippen molar-refractivity contribution in [2.45, 2.75) is 71.3 Å². The topological polar surface area (TPSA) is 164 Å². The number of amides is 2. The smallest absolute Gasteiger partial charge is 0.386 e. The molecule has 12 heteroatoms. The van der Waals surface area contributed by atoms with Crippen LogP contribution in [0.25, 0.3) is 0 Å². The van der Waals surface area contributed by atoms with Crippen molar-refractivity contribution in [2.24, 2.45) is 33.7 Å². The molecule has 228 valence electrons. The van der Waals surface area contributed by atoms with E-state index in [-0.39, 0.29) is 35.0 Å². The second-order valence-electron chi connectivity index (χ2n) is 11.8. The first-order valence-electron chi connectivity index (χ1n) is 13.8. The van der Waals surface area contributed by atoms with E-state index < -0.39 is 29.4 Å². The molecule has 9 nitrogen and oxygen atoms in total. The van der Waals surface area contributed by atoms with Crippen molar-refractivity contribution >= 4 is 23.4 Å². The number of hydrogen-bond acceptors (Lipinski definition) is 6. The molecule has 0 radical (unpaired) electrons. The quantitative estimate of drug-likeness (QED) is 0.145. The summed E-state index contributed by atoms with van der Waals surface area (Å²) in [5.41, 5.74) is 5.08. The summed E-state index contributed by atoms with van der Waals surface area (Å²) in [4.78, 5) is 33.0. The molecule has 0 saturated heterocycles. The van der Waals surface area contributed by atoms with Gasteiger partial charge in [-0.25, -0.2) is 0 Å². The molecule has 42 heavy (non-hydrogen) atoms. The molecule has 4 rings (SSSR count). The van der Waals surface area contributed by atoms with Gasteiger partial charge in [0.1, 0.15) is 17.2 Å². The number of aliphatic imine (C=N–C) groups is 1. The Labute approximate surface area is 244 Å². The molecule has 2 aromatic rings. The SMILES string of the molecule is CC(c1ccc(C(=O)NCC(=N)N)cc1)N1C(=O)C(c2cccc(C(F)(F)F)c2)=NC12CCC(C(C)(C)C)CC2.NN. The minimum Gasteiger partial charge on any atom is -0.386 e. The Morgan fingerprint density at radius 2 is 1.71 bits per heavy atom. The van der Waals surface area contributed by atoms with Crippen LogP contribution in [-0.2, 0) is 11.0 Å². The summed E-state index contributed by atoms with van der Waals surface area (Å²) in [6.07, 6.45) is -1.63. The first-order valence-corrected chi connectivity index (χ1v) is 13.8. The number of nitrogens with zero attached hydrogens (tertiary/aromatic N) is 2. The van der Waals surface area contributed by atoms with Crippen LogP contribution in [0.5, 0.6) is 0 Å². The van der Waals surface area contributed by atoms with Gasteiger partial charge in [-0.15, -0.1) is 0 Å². The number of carbonyl (C=O) groups excluding carboxylic acids is 2. The Morgan fingerprint density at radius 3 is 2.24 bits per heavy atom. The minimum absolute atomic E-state index is 0.0485. The fourth-order valence-electron chi connectivity index (χ4n) is 5.82. The van der Waals surface area contributed by atoms with Crippen LogP contribution in [0.4, 0.5) is 13.2 Å². The third-order valence-corrected chi connectivity index (χ3v) is 8.15. The summed E-state index contributed by atoms with van der Waals surface area (Å²) < 4.78 is 40.4. The van der Waals surface area contributed by atoms with Crippen molar-refractivity contribution in [2.75, 3.05) is 6.54 Å². The Kier molecular flexibility index (Phi) is 9.84. The van der Waals surface area contributed by atoms with Crippen LogP contribution in [0.2, 0.25) is 0 Å². The zero-order valence-corrected chi connectivity index (χ0v) is 24.4. The Bertz CT molecular complexity index is 1330. The molecule has 2 aromatic carbocycles. The second-order valence-corrected chi connectivity index (χ2v) is 11.8. The van der Waals surface area contributed by atoms with E-state index in [4.69, 9.17) is 16.1 Å². The van der Waals surface area contributed by atoms with Crippen LogP contribution in [0.1, 0.15) is 86.5 Å². The predicted octanol–water partition coefficient (Wildman–Crippen LogP) is 4.52. The van der Waals surface area contributed by atoms with Gasteiger partial charge in [-0.05, 0) is 73.8 Å². The summed E-state index contributed by atoms with van der Waals surface area (Å²) in [6, 6.07) is 11.1. The number of benzene rings is 2. The number of carbonyl (C=O) groups is 2. The fourth-order valence-corrected chi connectivity index (χ4v) is 5.82. The van der Waals surface area contributed by atoms with E-state index in [0.29, 0.717) is 24.3 Å². The number of hydrazine groups is 1. The first-order chi connectivity index (χ1) is 19.6. The average Bonchev–Trinajstić information content (AvgIpc) is 3.22. The Hall–Kier alpha value is -3.77. The lowest BCUT2D eigenvalue weighted by atomic mass is 9.69. The predicted molar refractivity (Wildman–Crippen MR) is 156 cm³/mol. The minimum atomic E-state index is -4.54. The molecule has 1 aliphatic carbocycles. The standard InChI is InChI=1S/C30H36F3N5O2.H4N2/c1-18(19-8-10-20(11-9-19)26(39)36-17-24(34)35)38-27(40)25(21-6-5-7-23(16-21)30(31,32)33)37-29(38)14-12-22(13-15-29)28(2,3)4;1-2/h5-11,16,18,22H,12-15,17H2,1-4H3,(H3,34,35)(H,36,39);1-2H2. The third-order valence-electron chi connectivity index (χ3n) is 8.15. The maximum absolute atomic E-state index is 14.0. The Morgan fingerprint density at radius 1 is 1.12 bits per heavy atom. The lowest BCUT2D eigenvalue weighted by Crippen LogP contribution is -2.50. The molecule has 1 fully saturated rings. The van der Waals surface area contributed by atoms with Gasteiger partial charge in [0.05, 0.1) is 18.2 Å². The van der Waals surface area contributed by atoms with Gasteiger partial charge in [-0.1, -0.05) is 45.0 Å². The van der Waals surface area contributed by atoms with E-state index in [1.54, 1.807) is 29.2 Å². The summed E-state index contributed by atoms with van der Waals surface area (Å²) in [5.74, 6) is 7.50. The van der Waals surface area contributed by atoms with Gasteiger partial charge >= 0.3 is 6.18 Å². The van der Waals surface area contributed by atoms with Crippen molar-refractivity contribution in [3.63, 3.8) is 0 Å². The van der Waals surface area contributed by atoms with Gasteiger partial charge in [0.25, 0.3) is 11.8 Å². The zero-order chi connectivity index (χ0) is 31.5. The van der Waals surface area contributed by atoms with E-state index in [0.717, 1.165) is 30.5 Å². The number of hydrogen-bond donors (Lipinski definition) is 5. The summed E-state index contributed by atoms with van der Waals surface area (Å²) in [7, 11) is 0. The molecule has 1 unspecified atom stereocenters. The van der Waals surface area contributed by atoms with Gasteiger partial charge < -0.3 is 16.0 Å². The lowest BCUT2D eigenvalue weighted by Gasteiger charge is -2.46. The largest absolute Gasteiger partial charge is 0.416 e. The number of alkyl halides is 3. The van der Waals surface area contributed by atoms with E-state index in [2.05, 4.69) is 37.8 Å². The lowest BCUT2D eigenvalue weighted by molar-refractivity contribution is -0.137. The molecule has 8 N–H and O–H groups in total. The molecule has 0 bridgehead atoms. The molecule has 2 amide bonds. The number of nitrogens with one attached hydrogen (secondary N) is 2. The van der Waals surface area contributed by atoms with Crippen molar-refractivity contribution in [3.05, 3.63) is 70.8 Å². The van der Waals surface area contributed by atoms with Gasteiger partial charge in [0, 0.05) is 11.1 Å². The molecule has 2 aliphatic rings. The number of rotatable bonds is 6. The zero-order valence-electron chi connectivity index (χ0n) is 24.4. The Balaban J connectivity index is 0.00000237. The van der Waals surface area contributed by atoms with Crippen molar-refractivity contribution < 1.29 is 22.8 Å². The van der Waals surface area contributed by atoms with E-state index in [1.165, 1.54) is 12.1 Å². The molecule has 1 spiro atoms. The maximum Gasteiger partial charge on any atom is 0.416 e. The molecule has 1 aliphatic heterocycles. The van der Waals surface area contributed by atoms with Gasteiger partial charge in [0.15, 0.2) is 0 Å². The molecule has 1 heterocycles. The van der Waals surface area contributed by atoms with Crippen LogP contribution in [0.15, 0.2) is 53.5 Å². The van der Waals surface area contributed by atoms with E-state index in [9.17, 15) is 22.8 Å². The summed E-state index contributed by atoms with van der Waals surface area (Å²) in [6.45, 7) is 8.40. The third kappa shape index (κ3) is 6.99. The van der Waals surface area contributed by atoms with Crippen molar-refractivity contribution in [1.82, 2.24) is 10.2 Å². The monoisotopic (exact) mass is 587 g/mol. The number of nitrogens with two attached hydrogens (primary N) is 3. The van der Waals surface area contributed by atoms with E-state index in [1.807, 2.05) is 6.92 Å². The van der Waals surface area contributed by atoms with Crippen LogP contribution < -0.4 is 22.7 Å². The highest BCUT2D eigenvalue weighted by Gasteiger charge is 2.52. The van der Waals surface area contributed by atoms with Gasteiger partial charge in [-0.2, -0.15) is 13.2 Å². The number of amidine groups is 1. The van der Waals surface area contributed by atoms with Crippen LogP contribution in [0, 0.1) is 16.7 Å². The van der Waals surface area contributed by atoms with Crippen molar-refractivity contribution in [3.8, 4) is 0 Å². The summed E-state index contributed by atoms with van der Waals surface area (Å²) in [5, 5.41) is 9.84. The molecule has 1 saturated carbocycles. The average molecular weight is 588 g/mol. The van der Waals surface area contributed by atoms with Gasteiger partial charge in [-0.3, -0.25) is 31.7 Å². The van der Waals surface area contributed by atoms with E-state index >= 15 is 0 Å². The fraction of sp³-hybridized carbons (Fsp3) is 0.467. The molecule has 0 aromatic heterocycles. The molecule has 1 atom stereocenters. The molecular weight excluding hydrogens is 547 g/mol. The van der Waals surface area contributed by atoms with Crippen LogP contribution >= 0.6 is 0 Å². The maximum atomic E-state index is 14.0. The highest BCUT2D eigenvalue weighted by atomic mass is 19.4. The van der Waals surface area contributed by atoms with Crippen LogP contribution in [-0.4, -0.2) is 40.5 Å². The van der Waals surface area contributed by atoms with Crippen LogP contribution in [0.3, 0.4) is 0 Å². The molecular formula is C30H40F3N7O2. The highest BCUT2D eigenvalue weighted by Crippen LogP contribution is 2.49. The highest BCUT2D eigenvalue weighted by molar-refractivity contribution is 6.46.